The van der Waals surface area contributed by atoms with Gasteiger partial charge in [-0.2, -0.15) is 18.4 Å². The molecule has 0 N–H and O–H groups in total. The second-order valence-electron chi connectivity index (χ2n) is 6.00. The highest BCUT2D eigenvalue weighted by Crippen LogP contribution is 2.33. The Morgan fingerprint density at radius 1 is 1.09 bits per heavy atom. The average Bonchev–Trinajstić information content (AvgIpc) is 2.51. The summed E-state index contributed by atoms with van der Waals surface area (Å²) in [6.45, 7) is 0. The smallest absolute Gasteiger partial charge is 0.193 e. The second-order valence-corrected chi connectivity index (χ2v) is 6.00. The Morgan fingerprint density at radius 3 is 2.27 bits per heavy atom. The molecule has 0 aliphatic heterocycles. The molecule has 0 saturated heterocycles. The van der Waals surface area contributed by atoms with E-state index in [0.717, 1.165) is 44.1 Å². The van der Waals surface area contributed by atoms with E-state index in [1.807, 2.05) is 12.1 Å². The van der Waals surface area contributed by atoms with E-state index in [2.05, 4.69) is 0 Å². The zero-order valence-electron chi connectivity index (χ0n) is 12.4. The molecule has 1 saturated carbocycles. The molecule has 0 unspecified atom stereocenters. The van der Waals surface area contributed by atoms with Crippen LogP contribution in [0.5, 0.6) is 0 Å². The fraction of sp³-hybridized carbons (Fsp3) is 0.500. The minimum absolute atomic E-state index is 0.516. The fourth-order valence-electron chi connectivity index (χ4n) is 3.08. The third-order valence-electron chi connectivity index (χ3n) is 4.46. The van der Waals surface area contributed by atoms with Gasteiger partial charge >= 0.3 is 6.18 Å². The van der Waals surface area contributed by atoms with Crippen molar-refractivity contribution in [3.8, 4) is 6.07 Å². The summed E-state index contributed by atoms with van der Waals surface area (Å²) in [5.41, 5.74) is 0.389. The summed E-state index contributed by atoms with van der Waals surface area (Å²) in [6, 6.07) is 7.53. The molecule has 0 heterocycles. The lowest BCUT2D eigenvalue weighted by atomic mass is 9.79. The largest absolute Gasteiger partial charge is 0.416 e. The molecule has 1 fully saturated rings. The van der Waals surface area contributed by atoms with Gasteiger partial charge in [-0.3, -0.25) is 0 Å². The average molecular weight is 307 g/mol. The van der Waals surface area contributed by atoms with Crippen molar-refractivity contribution in [1.29, 1.82) is 5.26 Å². The number of alkyl halides is 3. The Labute approximate surface area is 129 Å². The van der Waals surface area contributed by atoms with Crippen LogP contribution in [-0.2, 0) is 12.6 Å². The van der Waals surface area contributed by atoms with Crippen LogP contribution in [0.25, 0.3) is 0 Å². The van der Waals surface area contributed by atoms with Crippen molar-refractivity contribution >= 4 is 0 Å². The minimum Gasteiger partial charge on any atom is -0.193 e. The van der Waals surface area contributed by atoms with E-state index < -0.39 is 11.7 Å². The summed E-state index contributed by atoms with van der Waals surface area (Å²) in [4.78, 5) is 0. The van der Waals surface area contributed by atoms with E-state index in [1.165, 1.54) is 12.1 Å². The molecule has 1 aromatic carbocycles. The van der Waals surface area contributed by atoms with E-state index in [0.29, 0.717) is 11.8 Å². The topological polar surface area (TPSA) is 23.8 Å². The van der Waals surface area contributed by atoms with E-state index in [-0.39, 0.29) is 0 Å². The first-order valence-electron chi connectivity index (χ1n) is 7.71. The zero-order valence-corrected chi connectivity index (χ0v) is 12.4. The van der Waals surface area contributed by atoms with Crippen molar-refractivity contribution in [2.75, 3.05) is 0 Å². The number of nitriles is 1. The van der Waals surface area contributed by atoms with Gasteiger partial charge < -0.3 is 0 Å². The normalized spacial score (nSPS) is 22.6. The highest BCUT2D eigenvalue weighted by atomic mass is 19.4. The molecule has 1 aliphatic carbocycles. The molecule has 2 rings (SSSR count). The molecule has 0 spiro atoms. The Morgan fingerprint density at radius 2 is 1.73 bits per heavy atom. The fourth-order valence-corrected chi connectivity index (χ4v) is 3.08. The minimum atomic E-state index is -4.26. The van der Waals surface area contributed by atoms with Crippen LogP contribution in [0.1, 0.15) is 43.2 Å². The number of aryl methyl sites for hydroxylation is 1. The molecule has 1 aromatic rings. The SMILES string of the molecule is N#CC=CC1CCC(CCc2ccc(C(F)(F)F)cc2)CC1. The third kappa shape index (κ3) is 4.91. The maximum Gasteiger partial charge on any atom is 0.416 e. The van der Waals surface area contributed by atoms with Gasteiger partial charge in [0.05, 0.1) is 11.6 Å². The van der Waals surface area contributed by atoms with Crippen LogP contribution in [0.4, 0.5) is 13.2 Å². The lowest BCUT2D eigenvalue weighted by Gasteiger charge is -2.26. The van der Waals surface area contributed by atoms with Crippen molar-refractivity contribution in [3.63, 3.8) is 0 Å². The number of hydrogen-bond donors (Lipinski definition) is 0. The van der Waals surface area contributed by atoms with Crippen LogP contribution >= 0.6 is 0 Å². The van der Waals surface area contributed by atoms with Gasteiger partial charge in [-0.15, -0.1) is 0 Å². The molecule has 0 atom stereocenters. The first kappa shape index (κ1) is 16.6. The van der Waals surface area contributed by atoms with E-state index in [9.17, 15) is 13.2 Å². The molecule has 118 valence electrons. The number of hydrogen-bond acceptors (Lipinski definition) is 1. The van der Waals surface area contributed by atoms with Crippen molar-refractivity contribution < 1.29 is 13.2 Å². The summed E-state index contributed by atoms with van der Waals surface area (Å²) >= 11 is 0. The maximum absolute atomic E-state index is 12.5. The Hall–Kier alpha value is -1.76. The summed E-state index contributed by atoms with van der Waals surface area (Å²) in [5.74, 6) is 1.16. The molecule has 0 radical (unpaired) electrons. The highest BCUT2D eigenvalue weighted by molar-refractivity contribution is 5.24. The summed E-state index contributed by atoms with van der Waals surface area (Å²) in [7, 11) is 0. The molecule has 1 aliphatic rings. The molecule has 0 bridgehead atoms. The maximum atomic E-state index is 12.5. The molecule has 0 aromatic heterocycles. The van der Waals surface area contributed by atoms with Gasteiger partial charge in [0.1, 0.15) is 0 Å². The molecular weight excluding hydrogens is 287 g/mol. The predicted octanol–water partition coefficient (Wildman–Crippen LogP) is 5.52. The third-order valence-corrected chi connectivity index (χ3v) is 4.46. The second kappa shape index (κ2) is 7.49. The van der Waals surface area contributed by atoms with Crippen molar-refractivity contribution in [2.24, 2.45) is 11.8 Å². The van der Waals surface area contributed by atoms with E-state index >= 15 is 0 Å². The highest BCUT2D eigenvalue weighted by Gasteiger charge is 2.29. The van der Waals surface area contributed by atoms with Crippen molar-refractivity contribution in [3.05, 3.63) is 47.5 Å². The molecule has 22 heavy (non-hydrogen) atoms. The van der Waals surface area contributed by atoms with Crippen LogP contribution in [0.3, 0.4) is 0 Å². The van der Waals surface area contributed by atoms with Gasteiger partial charge in [0.2, 0.25) is 0 Å². The standard InChI is InChI=1S/C18H20F3N/c19-18(20,21)17-11-9-16(10-12-17)8-7-15-5-3-14(4-6-15)2-1-13-22/h1-2,9-12,14-15H,3-8H2. The number of allylic oxidation sites excluding steroid dienone is 2. The van der Waals surface area contributed by atoms with E-state index in [4.69, 9.17) is 5.26 Å². The quantitative estimate of drug-likeness (QED) is 0.671. The Kier molecular flexibility index (Phi) is 5.65. The number of rotatable bonds is 4. The summed E-state index contributed by atoms with van der Waals surface area (Å²) in [5, 5.41) is 8.52. The first-order valence-corrected chi connectivity index (χ1v) is 7.71. The summed E-state index contributed by atoms with van der Waals surface area (Å²) < 4.78 is 37.5. The molecule has 4 heteroatoms. The van der Waals surface area contributed by atoms with Gasteiger partial charge in [0.15, 0.2) is 0 Å². The van der Waals surface area contributed by atoms with Crippen molar-refractivity contribution in [2.45, 2.75) is 44.7 Å². The van der Waals surface area contributed by atoms with Gasteiger partial charge in [-0.25, -0.2) is 0 Å². The summed E-state index contributed by atoms with van der Waals surface area (Å²) in [6.07, 6.45) is 5.66. The van der Waals surface area contributed by atoms with Crippen LogP contribution in [0.2, 0.25) is 0 Å². The van der Waals surface area contributed by atoms with Crippen LogP contribution < -0.4 is 0 Å². The number of halogens is 3. The van der Waals surface area contributed by atoms with Crippen LogP contribution in [-0.4, -0.2) is 0 Å². The number of nitrogens with zero attached hydrogens (tertiary/aromatic N) is 1. The van der Waals surface area contributed by atoms with Gasteiger partial charge in [-0.1, -0.05) is 18.2 Å². The van der Waals surface area contributed by atoms with Gasteiger partial charge in [0, 0.05) is 6.08 Å². The zero-order chi connectivity index (χ0) is 16.0. The molecule has 1 nitrogen and oxygen atoms in total. The Balaban J connectivity index is 1.77. The number of benzene rings is 1. The van der Waals surface area contributed by atoms with Gasteiger partial charge in [0.25, 0.3) is 0 Å². The monoisotopic (exact) mass is 307 g/mol. The lowest BCUT2D eigenvalue weighted by molar-refractivity contribution is -0.137. The van der Waals surface area contributed by atoms with Crippen LogP contribution in [0, 0.1) is 23.2 Å². The molecular formula is C18H20F3N. The first-order chi connectivity index (χ1) is 10.5. The van der Waals surface area contributed by atoms with Crippen molar-refractivity contribution in [1.82, 2.24) is 0 Å². The van der Waals surface area contributed by atoms with Gasteiger partial charge in [-0.05, 0) is 68.1 Å². The van der Waals surface area contributed by atoms with Crippen LogP contribution in [0.15, 0.2) is 36.4 Å². The predicted molar refractivity (Wildman–Crippen MR) is 80.0 cm³/mol. The Bertz CT molecular complexity index is 529. The lowest BCUT2D eigenvalue weighted by Crippen LogP contribution is -2.13. The molecule has 0 amide bonds. The van der Waals surface area contributed by atoms with E-state index in [1.54, 1.807) is 18.2 Å².